The van der Waals surface area contributed by atoms with Crippen LogP contribution in [0.5, 0.6) is 5.75 Å². The van der Waals surface area contributed by atoms with E-state index in [1.54, 1.807) is 79.0 Å². The Labute approximate surface area is 210 Å². The Morgan fingerprint density at radius 1 is 0.829 bits per heavy atom. The number of halogens is 1. The Kier molecular flexibility index (Phi) is 6.10. The number of sulfonamides is 1. The summed E-state index contributed by atoms with van der Waals surface area (Å²) in [6, 6.07) is 25.8. The third-order valence-electron chi connectivity index (χ3n) is 5.30. The number of pyridine rings is 1. The number of H-pyrrole nitrogens is 1. The molecule has 2 aromatic heterocycles. The van der Waals surface area contributed by atoms with Gasteiger partial charge in [0.1, 0.15) is 16.2 Å². The summed E-state index contributed by atoms with van der Waals surface area (Å²) in [5.41, 5.74) is 4.27. The number of imidazole rings is 1. The highest BCUT2D eigenvalue weighted by atomic mass is 79.9. The third kappa shape index (κ3) is 4.96. The molecule has 0 saturated heterocycles. The van der Waals surface area contributed by atoms with Gasteiger partial charge in [-0.05, 0) is 76.6 Å². The van der Waals surface area contributed by atoms with Crippen LogP contribution in [0.1, 0.15) is 0 Å². The average Bonchev–Trinajstić information content (AvgIpc) is 3.31. The Morgan fingerprint density at radius 3 is 2.31 bits per heavy atom. The number of benzene rings is 3. The lowest BCUT2D eigenvalue weighted by molar-refractivity contribution is 0.475. The van der Waals surface area contributed by atoms with Crippen molar-refractivity contribution < 1.29 is 13.5 Å². The van der Waals surface area contributed by atoms with Gasteiger partial charge in [-0.3, -0.25) is 4.72 Å². The summed E-state index contributed by atoms with van der Waals surface area (Å²) in [6.45, 7) is 0. The predicted octanol–water partition coefficient (Wildman–Crippen LogP) is 6.07. The zero-order valence-electron chi connectivity index (χ0n) is 18.2. The monoisotopic (exact) mass is 546 g/mol. The van der Waals surface area contributed by atoms with E-state index in [4.69, 9.17) is 4.98 Å². The van der Waals surface area contributed by atoms with Crippen LogP contribution in [-0.2, 0) is 10.0 Å². The first kappa shape index (κ1) is 22.8. The van der Waals surface area contributed by atoms with Gasteiger partial charge in [0.15, 0.2) is 0 Å². The van der Waals surface area contributed by atoms with E-state index in [0.29, 0.717) is 21.8 Å². The minimum Gasteiger partial charge on any atom is -0.508 e. The molecule has 0 fully saturated rings. The lowest BCUT2D eigenvalue weighted by Crippen LogP contribution is -2.12. The SMILES string of the molecule is O=S(=O)(Nc1ccc(-c2nc(-c3cccc(O)c3)c(-c3ccnc(Br)c3)[nH]2)cc1)c1ccccc1. The summed E-state index contributed by atoms with van der Waals surface area (Å²) in [6.07, 6.45) is 1.69. The number of phenols is 1. The first-order valence-corrected chi connectivity index (χ1v) is 12.9. The van der Waals surface area contributed by atoms with Gasteiger partial charge in [0, 0.05) is 28.6 Å². The molecule has 3 N–H and O–H groups in total. The van der Waals surface area contributed by atoms with Gasteiger partial charge in [0.05, 0.1) is 16.3 Å². The number of aromatic nitrogens is 3. The maximum Gasteiger partial charge on any atom is 0.261 e. The van der Waals surface area contributed by atoms with Gasteiger partial charge in [-0.2, -0.15) is 0 Å². The van der Waals surface area contributed by atoms with Crippen molar-refractivity contribution in [2.24, 2.45) is 0 Å². The molecule has 0 bridgehead atoms. The Balaban J connectivity index is 1.51. The van der Waals surface area contributed by atoms with Gasteiger partial charge in [0.2, 0.25) is 0 Å². The van der Waals surface area contributed by atoms with Crippen molar-refractivity contribution in [1.29, 1.82) is 0 Å². The molecule has 5 rings (SSSR count). The van der Waals surface area contributed by atoms with Crippen LogP contribution >= 0.6 is 15.9 Å². The topological polar surface area (TPSA) is 108 Å². The fraction of sp³-hybridized carbons (Fsp3) is 0. The number of nitrogens with one attached hydrogen (secondary N) is 2. The Hall–Kier alpha value is -3.95. The molecule has 2 heterocycles. The molecule has 174 valence electrons. The fourth-order valence-electron chi connectivity index (χ4n) is 3.65. The first-order valence-electron chi connectivity index (χ1n) is 10.6. The standard InChI is InChI=1S/C26H19BrN4O3S/c27-23-16-19(13-14-28-23)25-24(18-5-4-6-21(32)15-18)29-26(30-25)17-9-11-20(12-10-17)31-35(33,34)22-7-2-1-3-8-22/h1-16,31-32H,(H,29,30). The van der Waals surface area contributed by atoms with Crippen LogP contribution in [-0.4, -0.2) is 28.5 Å². The summed E-state index contributed by atoms with van der Waals surface area (Å²) in [5.74, 6) is 0.743. The molecule has 0 unspecified atom stereocenters. The van der Waals surface area contributed by atoms with Crippen molar-refractivity contribution in [1.82, 2.24) is 15.0 Å². The number of phenolic OH excluding ortho intramolecular Hbond substituents is 1. The average molecular weight is 547 g/mol. The molecule has 3 aromatic carbocycles. The van der Waals surface area contributed by atoms with Crippen molar-refractivity contribution in [2.45, 2.75) is 4.90 Å². The molecule has 0 aliphatic heterocycles. The molecule has 0 saturated carbocycles. The number of rotatable bonds is 6. The third-order valence-corrected chi connectivity index (χ3v) is 7.13. The lowest BCUT2D eigenvalue weighted by atomic mass is 10.1. The largest absolute Gasteiger partial charge is 0.508 e. The number of hydrogen-bond acceptors (Lipinski definition) is 5. The highest BCUT2D eigenvalue weighted by Gasteiger charge is 2.17. The number of anilines is 1. The smallest absolute Gasteiger partial charge is 0.261 e. The van der Waals surface area contributed by atoms with Crippen molar-refractivity contribution in [3.63, 3.8) is 0 Å². The molecule has 0 amide bonds. The number of nitrogens with zero attached hydrogens (tertiary/aromatic N) is 2. The fourth-order valence-corrected chi connectivity index (χ4v) is 5.09. The second-order valence-corrected chi connectivity index (χ2v) is 10.2. The van der Waals surface area contributed by atoms with Crippen LogP contribution in [0.3, 0.4) is 0 Å². The normalized spacial score (nSPS) is 11.3. The second-order valence-electron chi connectivity index (χ2n) is 7.72. The molecule has 9 heteroatoms. The molecule has 7 nitrogen and oxygen atoms in total. The van der Waals surface area contributed by atoms with Crippen molar-refractivity contribution in [2.75, 3.05) is 4.72 Å². The maximum atomic E-state index is 12.6. The van der Waals surface area contributed by atoms with E-state index in [2.05, 4.69) is 30.6 Å². The van der Waals surface area contributed by atoms with Gasteiger partial charge in [-0.1, -0.05) is 30.3 Å². The summed E-state index contributed by atoms with van der Waals surface area (Å²) >= 11 is 3.41. The number of hydrogen-bond donors (Lipinski definition) is 3. The lowest BCUT2D eigenvalue weighted by Gasteiger charge is -2.08. The molecule has 0 atom stereocenters. The first-order chi connectivity index (χ1) is 16.9. The number of aromatic hydroxyl groups is 1. The summed E-state index contributed by atoms with van der Waals surface area (Å²) in [5, 5.41) is 10.00. The molecular weight excluding hydrogens is 528 g/mol. The highest BCUT2D eigenvalue weighted by Crippen LogP contribution is 2.35. The maximum absolute atomic E-state index is 12.6. The van der Waals surface area contributed by atoms with E-state index in [1.807, 2.05) is 18.2 Å². The Morgan fingerprint density at radius 2 is 1.60 bits per heavy atom. The molecule has 5 aromatic rings. The van der Waals surface area contributed by atoms with Gasteiger partial charge in [-0.25, -0.2) is 18.4 Å². The minimum absolute atomic E-state index is 0.143. The van der Waals surface area contributed by atoms with Crippen molar-refractivity contribution in [3.05, 3.63) is 102 Å². The minimum atomic E-state index is -3.68. The molecular formula is C26H19BrN4O3S. The van der Waals surface area contributed by atoms with Crippen LogP contribution in [0, 0.1) is 0 Å². The van der Waals surface area contributed by atoms with E-state index in [-0.39, 0.29) is 10.6 Å². The van der Waals surface area contributed by atoms with E-state index in [1.165, 1.54) is 0 Å². The number of aromatic amines is 1. The van der Waals surface area contributed by atoms with E-state index in [9.17, 15) is 13.5 Å². The summed E-state index contributed by atoms with van der Waals surface area (Å²) < 4.78 is 28.5. The molecule has 35 heavy (non-hydrogen) atoms. The molecule has 0 spiro atoms. The second kappa shape index (κ2) is 9.36. The zero-order chi connectivity index (χ0) is 24.4. The van der Waals surface area contributed by atoms with Crippen LogP contribution in [0.15, 0.2) is 107 Å². The summed E-state index contributed by atoms with van der Waals surface area (Å²) in [4.78, 5) is 12.6. The van der Waals surface area contributed by atoms with E-state index in [0.717, 1.165) is 22.4 Å². The van der Waals surface area contributed by atoms with Crippen LogP contribution in [0.2, 0.25) is 0 Å². The van der Waals surface area contributed by atoms with Crippen molar-refractivity contribution >= 4 is 31.6 Å². The zero-order valence-corrected chi connectivity index (χ0v) is 20.6. The molecule has 0 aliphatic carbocycles. The van der Waals surface area contributed by atoms with Crippen LogP contribution in [0.4, 0.5) is 5.69 Å². The van der Waals surface area contributed by atoms with Gasteiger partial charge >= 0.3 is 0 Å². The van der Waals surface area contributed by atoms with Crippen LogP contribution < -0.4 is 4.72 Å². The van der Waals surface area contributed by atoms with Gasteiger partial charge in [0.25, 0.3) is 10.0 Å². The quantitative estimate of drug-likeness (QED) is 0.224. The summed E-state index contributed by atoms with van der Waals surface area (Å²) in [7, 11) is -3.68. The van der Waals surface area contributed by atoms with Gasteiger partial charge < -0.3 is 10.1 Å². The molecule has 0 radical (unpaired) electrons. The van der Waals surface area contributed by atoms with Crippen LogP contribution in [0.25, 0.3) is 33.9 Å². The van der Waals surface area contributed by atoms with Crippen molar-refractivity contribution in [3.8, 4) is 39.7 Å². The molecule has 0 aliphatic rings. The van der Waals surface area contributed by atoms with E-state index < -0.39 is 10.0 Å². The highest BCUT2D eigenvalue weighted by molar-refractivity contribution is 9.10. The predicted molar refractivity (Wildman–Crippen MR) is 139 cm³/mol. The van der Waals surface area contributed by atoms with Gasteiger partial charge in [-0.15, -0.1) is 0 Å². The Bertz CT molecular complexity index is 1540. The van der Waals surface area contributed by atoms with E-state index >= 15 is 0 Å².